The van der Waals surface area contributed by atoms with Crippen molar-refractivity contribution >= 4 is 46.7 Å². The summed E-state index contributed by atoms with van der Waals surface area (Å²) >= 11 is 19.3. The Bertz CT molecular complexity index is 1310. The van der Waals surface area contributed by atoms with Gasteiger partial charge in [0.2, 0.25) is 0 Å². The van der Waals surface area contributed by atoms with E-state index in [0.29, 0.717) is 17.1 Å². The Hall–Kier alpha value is -3.00. The molecule has 0 fully saturated rings. The van der Waals surface area contributed by atoms with E-state index in [1.807, 2.05) is 19.1 Å². The summed E-state index contributed by atoms with van der Waals surface area (Å²) in [7, 11) is 0. The molecular formula is C24H18Cl3FN2O4. The van der Waals surface area contributed by atoms with Gasteiger partial charge in [0.15, 0.2) is 17.2 Å². The fourth-order valence-electron chi connectivity index (χ4n) is 3.72. The third kappa shape index (κ3) is 4.39. The number of primary amides is 1. The van der Waals surface area contributed by atoms with E-state index < -0.39 is 23.3 Å². The number of hydrogen-bond donors (Lipinski definition) is 2. The molecule has 10 heteroatoms. The third-order valence-corrected chi connectivity index (χ3v) is 6.54. The quantitative estimate of drug-likeness (QED) is 0.388. The lowest BCUT2D eigenvalue weighted by Gasteiger charge is -2.15. The molecule has 1 heterocycles. The van der Waals surface area contributed by atoms with Crippen molar-refractivity contribution in [2.75, 3.05) is 0 Å². The zero-order valence-electron chi connectivity index (χ0n) is 17.9. The first kappa shape index (κ1) is 24.1. The minimum Gasteiger partial charge on any atom is -0.486 e. The van der Waals surface area contributed by atoms with E-state index in [0.717, 1.165) is 11.6 Å². The number of hydrogen-bond acceptors (Lipinski definition) is 4. The SMILES string of the molecule is CC1Oc2c(Oc3c(Cl)cc(-c4ccc(F)c(C(=O)NC(N)=O)c4Cl)cc3Cl)cccc2C1C. The van der Waals surface area contributed by atoms with Crippen LogP contribution in [0.1, 0.15) is 35.7 Å². The molecular weight excluding hydrogens is 506 g/mol. The Morgan fingerprint density at radius 1 is 1.09 bits per heavy atom. The van der Waals surface area contributed by atoms with Gasteiger partial charge in [-0.3, -0.25) is 10.1 Å². The van der Waals surface area contributed by atoms with E-state index >= 15 is 0 Å². The van der Waals surface area contributed by atoms with Gasteiger partial charge in [-0.15, -0.1) is 0 Å². The van der Waals surface area contributed by atoms with Crippen LogP contribution in [0.4, 0.5) is 9.18 Å². The molecule has 6 nitrogen and oxygen atoms in total. The molecule has 2 unspecified atom stereocenters. The van der Waals surface area contributed by atoms with Crippen molar-refractivity contribution < 1.29 is 23.5 Å². The van der Waals surface area contributed by atoms with Crippen LogP contribution in [0.5, 0.6) is 17.2 Å². The number of halogens is 4. The number of urea groups is 1. The van der Waals surface area contributed by atoms with Gasteiger partial charge in [0.25, 0.3) is 5.91 Å². The maximum absolute atomic E-state index is 14.3. The molecule has 3 aromatic carbocycles. The van der Waals surface area contributed by atoms with Gasteiger partial charge in [-0.25, -0.2) is 9.18 Å². The Labute approximate surface area is 209 Å². The predicted octanol–water partition coefficient (Wildman–Crippen LogP) is 6.94. The number of nitrogens with two attached hydrogens (primary N) is 1. The summed E-state index contributed by atoms with van der Waals surface area (Å²) in [5, 5.41) is 1.87. The first-order chi connectivity index (χ1) is 16.1. The Kier molecular flexibility index (Phi) is 6.62. The summed E-state index contributed by atoms with van der Waals surface area (Å²) in [5.41, 5.74) is 6.10. The van der Waals surface area contributed by atoms with Crippen LogP contribution in [0, 0.1) is 5.82 Å². The molecule has 2 atom stereocenters. The van der Waals surface area contributed by atoms with Crippen LogP contribution in [-0.4, -0.2) is 18.0 Å². The topological polar surface area (TPSA) is 90.7 Å². The fraction of sp³-hybridized carbons (Fsp3) is 0.167. The monoisotopic (exact) mass is 522 g/mol. The predicted molar refractivity (Wildman–Crippen MR) is 129 cm³/mol. The van der Waals surface area contributed by atoms with Crippen LogP contribution in [0.2, 0.25) is 15.1 Å². The number of para-hydroxylation sites is 1. The molecule has 3 aromatic rings. The summed E-state index contributed by atoms with van der Waals surface area (Å²) in [6, 6.07) is 9.89. The van der Waals surface area contributed by atoms with Gasteiger partial charge < -0.3 is 15.2 Å². The second-order valence-corrected chi connectivity index (χ2v) is 8.95. The van der Waals surface area contributed by atoms with Crippen molar-refractivity contribution in [1.82, 2.24) is 5.32 Å². The van der Waals surface area contributed by atoms with Crippen molar-refractivity contribution in [2.24, 2.45) is 5.73 Å². The second-order valence-electron chi connectivity index (χ2n) is 7.76. The molecule has 0 radical (unpaired) electrons. The maximum atomic E-state index is 14.3. The number of carbonyl (C=O) groups excluding carboxylic acids is 2. The van der Waals surface area contributed by atoms with Gasteiger partial charge in [-0.05, 0) is 42.8 Å². The summed E-state index contributed by atoms with van der Waals surface area (Å²) in [6.45, 7) is 4.05. The number of fused-ring (bicyclic) bond motifs is 1. The van der Waals surface area contributed by atoms with Gasteiger partial charge in [0.1, 0.15) is 11.9 Å². The van der Waals surface area contributed by atoms with E-state index in [4.69, 9.17) is 50.0 Å². The number of imide groups is 1. The van der Waals surface area contributed by atoms with Crippen LogP contribution in [0.15, 0.2) is 42.5 Å². The van der Waals surface area contributed by atoms with E-state index in [1.54, 1.807) is 11.4 Å². The number of nitrogens with one attached hydrogen (secondary N) is 1. The zero-order chi connectivity index (χ0) is 24.7. The standard InChI is InChI=1S/C24H18Cl3FN2O4/c1-10-11(2)33-21-13(10)4-3-5-18(21)34-22-15(25)8-12(9-16(22)26)14-6-7-17(28)19(20(14)27)23(31)30-24(29)32/h3-11H,1-2H3,(H3,29,30,31,32). The first-order valence-electron chi connectivity index (χ1n) is 10.1. The van der Waals surface area contributed by atoms with Gasteiger partial charge in [0, 0.05) is 17.0 Å². The van der Waals surface area contributed by atoms with E-state index in [-0.39, 0.29) is 38.4 Å². The molecule has 0 aromatic heterocycles. The Morgan fingerprint density at radius 2 is 1.76 bits per heavy atom. The molecule has 0 spiro atoms. The lowest BCUT2D eigenvalue weighted by atomic mass is 9.98. The molecule has 0 aliphatic carbocycles. The van der Waals surface area contributed by atoms with Crippen molar-refractivity contribution in [3.63, 3.8) is 0 Å². The normalized spacial score (nSPS) is 16.5. The van der Waals surface area contributed by atoms with Crippen LogP contribution < -0.4 is 20.5 Å². The molecule has 3 N–H and O–H groups in total. The average Bonchev–Trinajstić information content (AvgIpc) is 3.05. The first-order valence-corrected chi connectivity index (χ1v) is 11.3. The van der Waals surface area contributed by atoms with Gasteiger partial charge in [0.05, 0.1) is 20.6 Å². The molecule has 4 rings (SSSR count). The van der Waals surface area contributed by atoms with Crippen LogP contribution >= 0.6 is 34.8 Å². The van der Waals surface area contributed by atoms with Crippen LogP contribution in [0.25, 0.3) is 11.1 Å². The summed E-state index contributed by atoms with van der Waals surface area (Å²) in [5.74, 6) is -0.503. The molecule has 3 amide bonds. The zero-order valence-corrected chi connectivity index (χ0v) is 20.2. The second kappa shape index (κ2) is 9.33. The third-order valence-electron chi connectivity index (χ3n) is 5.58. The minimum atomic E-state index is -1.14. The number of amides is 3. The Morgan fingerprint density at radius 3 is 2.41 bits per heavy atom. The minimum absolute atomic E-state index is 0.00496. The number of carbonyl (C=O) groups is 2. The fourth-order valence-corrected chi connectivity index (χ4v) is 4.63. The van der Waals surface area contributed by atoms with Crippen molar-refractivity contribution in [3.05, 3.63) is 74.5 Å². The molecule has 0 saturated carbocycles. The highest BCUT2D eigenvalue weighted by Gasteiger charge is 2.31. The number of ether oxygens (including phenoxy) is 2. The lowest BCUT2D eigenvalue weighted by molar-refractivity contribution is 0.0962. The smallest absolute Gasteiger partial charge is 0.319 e. The highest BCUT2D eigenvalue weighted by molar-refractivity contribution is 6.39. The average molecular weight is 524 g/mol. The number of benzene rings is 3. The van der Waals surface area contributed by atoms with Crippen molar-refractivity contribution in [1.29, 1.82) is 0 Å². The molecule has 1 aliphatic rings. The molecule has 34 heavy (non-hydrogen) atoms. The van der Waals surface area contributed by atoms with E-state index in [2.05, 4.69) is 6.92 Å². The van der Waals surface area contributed by atoms with Gasteiger partial charge in [-0.1, -0.05) is 53.9 Å². The van der Waals surface area contributed by atoms with Crippen LogP contribution in [0.3, 0.4) is 0 Å². The van der Waals surface area contributed by atoms with Crippen molar-refractivity contribution in [2.45, 2.75) is 25.9 Å². The summed E-state index contributed by atoms with van der Waals surface area (Å²) < 4.78 is 26.3. The van der Waals surface area contributed by atoms with E-state index in [9.17, 15) is 14.0 Å². The lowest BCUT2D eigenvalue weighted by Crippen LogP contribution is -2.35. The molecule has 0 saturated heterocycles. The highest BCUT2D eigenvalue weighted by atomic mass is 35.5. The Balaban J connectivity index is 1.72. The summed E-state index contributed by atoms with van der Waals surface area (Å²) in [4.78, 5) is 23.2. The van der Waals surface area contributed by atoms with Gasteiger partial charge in [-0.2, -0.15) is 0 Å². The van der Waals surface area contributed by atoms with Gasteiger partial charge >= 0.3 is 6.03 Å². The largest absolute Gasteiger partial charge is 0.486 e. The molecule has 1 aliphatic heterocycles. The highest BCUT2D eigenvalue weighted by Crippen LogP contribution is 2.48. The van der Waals surface area contributed by atoms with E-state index in [1.165, 1.54) is 18.2 Å². The van der Waals surface area contributed by atoms with Crippen LogP contribution in [-0.2, 0) is 0 Å². The molecule has 0 bridgehead atoms. The maximum Gasteiger partial charge on any atom is 0.319 e. The van der Waals surface area contributed by atoms with Crippen molar-refractivity contribution in [3.8, 4) is 28.4 Å². The summed E-state index contributed by atoms with van der Waals surface area (Å²) in [6.07, 6.45) is -0.00496. The number of rotatable bonds is 4. The molecule has 176 valence electrons.